The number of aliphatic hydroxyl groups is 1. The van der Waals surface area contributed by atoms with Crippen LogP contribution in [0.2, 0.25) is 0 Å². The quantitative estimate of drug-likeness (QED) is 0.654. The summed E-state index contributed by atoms with van der Waals surface area (Å²) in [7, 11) is 0. The number of amides is 1. The Balaban J connectivity index is 1.94. The molecular formula is C24H30N2O4. The normalized spacial score (nSPS) is 14.4. The van der Waals surface area contributed by atoms with Gasteiger partial charge >= 0.3 is 0 Å². The maximum atomic E-state index is 12.1. The van der Waals surface area contributed by atoms with Gasteiger partial charge in [-0.05, 0) is 67.6 Å². The molecule has 1 heterocycles. The first-order chi connectivity index (χ1) is 14.6. The van der Waals surface area contributed by atoms with E-state index in [0.29, 0.717) is 17.2 Å². The maximum absolute atomic E-state index is 12.1. The van der Waals surface area contributed by atoms with Gasteiger partial charge in [-0.2, -0.15) is 0 Å². The molecule has 0 atom stereocenters. The molecule has 0 aromatic heterocycles. The summed E-state index contributed by atoms with van der Waals surface area (Å²) >= 11 is 0. The van der Waals surface area contributed by atoms with E-state index in [1.807, 2.05) is 25.1 Å². The first-order valence-electron chi connectivity index (χ1n) is 10.5. The van der Waals surface area contributed by atoms with Crippen LogP contribution in [0.25, 0.3) is 11.1 Å². The minimum atomic E-state index is -0.217. The number of rotatable bonds is 8. The molecule has 0 spiro atoms. The van der Waals surface area contributed by atoms with Crippen LogP contribution in [-0.4, -0.2) is 56.3 Å². The van der Waals surface area contributed by atoms with Crippen LogP contribution >= 0.6 is 0 Å². The van der Waals surface area contributed by atoms with Crippen molar-refractivity contribution < 1.29 is 19.4 Å². The summed E-state index contributed by atoms with van der Waals surface area (Å²) in [4.78, 5) is 26.2. The Kier molecular flexibility index (Phi) is 7.60. The molecule has 0 saturated carbocycles. The lowest BCUT2D eigenvalue weighted by Gasteiger charge is -2.36. The summed E-state index contributed by atoms with van der Waals surface area (Å²) in [6, 6.07) is 11.8. The van der Waals surface area contributed by atoms with Crippen molar-refractivity contribution in [2.24, 2.45) is 0 Å². The Morgan fingerprint density at radius 3 is 2.50 bits per heavy atom. The van der Waals surface area contributed by atoms with Crippen molar-refractivity contribution in [1.29, 1.82) is 0 Å². The van der Waals surface area contributed by atoms with E-state index in [0.717, 1.165) is 61.3 Å². The highest BCUT2D eigenvalue weighted by molar-refractivity contribution is 5.95. The summed E-state index contributed by atoms with van der Waals surface area (Å²) in [5.41, 5.74) is 5.17. The second kappa shape index (κ2) is 10.4. The summed E-state index contributed by atoms with van der Waals surface area (Å²) in [6.45, 7) is 6.66. The summed E-state index contributed by atoms with van der Waals surface area (Å²) < 4.78 is 5.52. The van der Waals surface area contributed by atoms with Gasteiger partial charge in [0.05, 0.1) is 6.61 Å². The van der Waals surface area contributed by atoms with Crippen molar-refractivity contribution in [2.75, 3.05) is 37.8 Å². The third-order valence-electron chi connectivity index (χ3n) is 5.71. The molecule has 1 aliphatic rings. The zero-order valence-corrected chi connectivity index (χ0v) is 17.7. The minimum absolute atomic E-state index is 0.0918. The Morgan fingerprint density at radius 1 is 1.20 bits per heavy atom. The summed E-state index contributed by atoms with van der Waals surface area (Å²) in [5.74, 6) is -0.217. The van der Waals surface area contributed by atoms with Crippen LogP contribution in [0.4, 0.5) is 5.69 Å². The zero-order valence-electron chi connectivity index (χ0n) is 17.7. The molecule has 3 rings (SSSR count). The number of aliphatic hydroxyl groups excluding tert-OH is 1. The third kappa shape index (κ3) is 4.89. The maximum Gasteiger partial charge on any atom is 0.251 e. The highest BCUT2D eigenvalue weighted by Gasteiger charge is 2.23. The highest BCUT2D eigenvalue weighted by Crippen LogP contribution is 2.33. The molecule has 2 N–H and O–H groups in total. The van der Waals surface area contributed by atoms with E-state index in [4.69, 9.17) is 9.84 Å². The van der Waals surface area contributed by atoms with Gasteiger partial charge in [-0.3, -0.25) is 9.59 Å². The van der Waals surface area contributed by atoms with E-state index in [1.54, 1.807) is 12.1 Å². The van der Waals surface area contributed by atoms with Gasteiger partial charge < -0.3 is 20.1 Å². The van der Waals surface area contributed by atoms with E-state index in [2.05, 4.69) is 23.2 Å². The first kappa shape index (κ1) is 22.0. The number of nitrogens with zero attached hydrogens (tertiary/aromatic N) is 1. The molecule has 6 heteroatoms. The number of benzene rings is 2. The number of aldehydes is 1. The van der Waals surface area contributed by atoms with Gasteiger partial charge in [0.15, 0.2) is 0 Å². The number of carbonyl (C=O) groups excluding carboxylic acids is 2. The van der Waals surface area contributed by atoms with Gasteiger partial charge in [0.25, 0.3) is 5.91 Å². The molecule has 1 amide bonds. The molecule has 0 radical (unpaired) electrons. The fraction of sp³-hybridized carbons (Fsp3) is 0.417. The van der Waals surface area contributed by atoms with Crippen LogP contribution in [-0.2, 0) is 4.74 Å². The molecule has 6 nitrogen and oxygen atoms in total. The largest absolute Gasteiger partial charge is 0.395 e. The lowest BCUT2D eigenvalue weighted by Crippen LogP contribution is -2.40. The molecule has 2 aromatic rings. The average Bonchev–Trinajstić information content (AvgIpc) is 2.80. The van der Waals surface area contributed by atoms with E-state index < -0.39 is 0 Å². The van der Waals surface area contributed by atoms with E-state index in [-0.39, 0.29) is 19.1 Å². The van der Waals surface area contributed by atoms with Crippen LogP contribution < -0.4 is 10.2 Å². The van der Waals surface area contributed by atoms with E-state index in [1.165, 1.54) is 0 Å². The monoisotopic (exact) mass is 410 g/mol. The van der Waals surface area contributed by atoms with Gasteiger partial charge in [-0.15, -0.1) is 0 Å². The topological polar surface area (TPSA) is 78.9 Å². The number of hydrogen-bond acceptors (Lipinski definition) is 5. The first-order valence-corrected chi connectivity index (χ1v) is 10.5. The Bertz CT molecular complexity index is 874. The second-order valence-corrected chi connectivity index (χ2v) is 7.51. The molecule has 2 aromatic carbocycles. The highest BCUT2D eigenvalue weighted by atomic mass is 16.5. The summed E-state index contributed by atoms with van der Waals surface area (Å²) in [5, 5.41) is 11.5. The molecule has 1 fully saturated rings. The SMILES string of the molecule is CCN(c1cc(-c2ccc(C(=O)NCCO)cc2)cc(C=O)c1C)C1CCOCC1. The number of anilines is 1. The Morgan fingerprint density at radius 2 is 1.90 bits per heavy atom. The van der Waals surface area contributed by atoms with Crippen LogP contribution in [0, 0.1) is 6.92 Å². The lowest BCUT2D eigenvalue weighted by atomic mass is 9.95. The van der Waals surface area contributed by atoms with Gasteiger partial charge in [0, 0.05) is 49.2 Å². The predicted octanol–water partition coefficient (Wildman–Crippen LogP) is 3.20. The van der Waals surface area contributed by atoms with Crippen LogP contribution in [0.1, 0.15) is 46.0 Å². The molecule has 1 aliphatic heterocycles. The predicted molar refractivity (Wildman–Crippen MR) is 118 cm³/mol. The van der Waals surface area contributed by atoms with Gasteiger partial charge in [-0.25, -0.2) is 0 Å². The minimum Gasteiger partial charge on any atom is -0.395 e. The van der Waals surface area contributed by atoms with Crippen LogP contribution in [0.5, 0.6) is 0 Å². The van der Waals surface area contributed by atoms with Gasteiger partial charge in [0.1, 0.15) is 6.29 Å². The van der Waals surface area contributed by atoms with Crippen molar-refractivity contribution in [3.8, 4) is 11.1 Å². The van der Waals surface area contributed by atoms with Crippen molar-refractivity contribution in [1.82, 2.24) is 5.32 Å². The lowest BCUT2D eigenvalue weighted by molar-refractivity contribution is 0.0846. The molecule has 0 unspecified atom stereocenters. The molecule has 1 saturated heterocycles. The standard InChI is InChI=1S/C24H30N2O4/c1-3-26(22-8-12-30-13-9-22)23-15-20(14-21(16-28)17(23)2)18-4-6-19(7-5-18)24(29)25-10-11-27/h4-7,14-16,22,27H,3,8-13H2,1-2H3,(H,25,29). The Labute approximate surface area is 177 Å². The van der Waals surface area contributed by atoms with Crippen molar-refractivity contribution >= 4 is 17.9 Å². The smallest absolute Gasteiger partial charge is 0.251 e. The van der Waals surface area contributed by atoms with Crippen molar-refractivity contribution in [3.63, 3.8) is 0 Å². The van der Waals surface area contributed by atoms with Crippen molar-refractivity contribution in [3.05, 3.63) is 53.1 Å². The zero-order chi connectivity index (χ0) is 21.5. The number of nitrogens with one attached hydrogen (secondary N) is 1. The molecule has 0 bridgehead atoms. The summed E-state index contributed by atoms with van der Waals surface area (Å²) in [6.07, 6.45) is 2.87. The van der Waals surface area contributed by atoms with Gasteiger partial charge in [0.2, 0.25) is 0 Å². The average molecular weight is 411 g/mol. The third-order valence-corrected chi connectivity index (χ3v) is 5.71. The fourth-order valence-electron chi connectivity index (χ4n) is 4.02. The Hall–Kier alpha value is -2.70. The molecular weight excluding hydrogens is 380 g/mol. The van der Waals surface area contributed by atoms with Gasteiger partial charge in [-0.1, -0.05) is 12.1 Å². The molecule has 30 heavy (non-hydrogen) atoms. The van der Waals surface area contributed by atoms with E-state index >= 15 is 0 Å². The van der Waals surface area contributed by atoms with E-state index in [9.17, 15) is 9.59 Å². The second-order valence-electron chi connectivity index (χ2n) is 7.51. The van der Waals surface area contributed by atoms with Crippen LogP contribution in [0.15, 0.2) is 36.4 Å². The van der Waals surface area contributed by atoms with Crippen LogP contribution in [0.3, 0.4) is 0 Å². The van der Waals surface area contributed by atoms with Crippen molar-refractivity contribution in [2.45, 2.75) is 32.7 Å². The number of carbonyl (C=O) groups is 2. The number of hydrogen-bond donors (Lipinski definition) is 2. The molecule has 160 valence electrons. The fourth-order valence-corrected chi connectivity index (χ4v) is 4.02. The number of ether oxygens (including phenoxy) is 1. The molecule has 0 aliphatic carbocycles.